The minimum atomic E-state index is -2.90. The van der Waals surface area contributed by atoms with E-state index in [0.29, 0.717) is 10.6 Å². The Morgan fingerprint density at radius 1 is 1.43 bits per heavy atom. The predicted octanol–water partition coefficient (Wildman–Crippen LogP) is 3.07. The maximum Gasteiger partial charge on any atom is 0.387 e. The first-order valence-electron chi connectivity index (χ1n) is 6.03. The van der Waals surface area contributed by atoms with Crippen LogP contribution in [-0.4, -0.2) is 17.5 Å². The number of carbonyl (C=O) groups is 1. The van der Waals surface area contributed by atoms with Crippen molar-refractivity contribution in [1.29, 1.82) is 0 Å². The minimum Gasteiger partial charge on any atom is -0.434 e. The zero-order valence-electron chi connectivity index (χ0n) is 10.8. The third-order valence-electron chi connectivity index (χ3n) is 2.47. The van der Waals surface area contributed by atoms with E-state index >= 15 is 0 Å². The molecular weight excluding hydrogens is 298 g/mol. The van der Waals surface area contributed by atoms with Gasteiger partial charge in [-0.3, -0.25) is 4.79 Å². The van der Waals surface area contributed by atoms with E-state index in [0.717, 1.165) is 0 Å². The highest BCUT2D eigenvalue weighted by atomic mass is 32.1. The van der Waals surface area contributed by atoms with Gasteiger partial charge in [0.1, 0.15) is 10.8 Å². The van der Waals surface area contributed by atoms with E-state index in [4.69, 9.17) is 0 Å². The molecule has 1 aromatic carbocycles. The first-order valence-corrected chi connectivity index (χ1v) is 6.91. The summed E-state index contributed by atoms with van der Waals surface area (Å²) < 4.78 is 28.9. The number of aromatic nitrogens is 1. The Morgan fingerprint density at radius 2 is 2.24 bits per heavy atom. The van der Waals surface area contributed by atoms with Gasteiger partial charge in [0, 0.05) is 29.8 Å². The van der Waals surface area contributed by atoms with Crippen LogP contribution in [0.15, 0.2) is 41.9 Å². The summed E-state index contributed by atoms with van der Waals surface area (Å²) in [5.41, 5.74) is 0.480. The second-order valence-corrected chi connectivity index (χ2v) is 4.83. The molecule has 0 aliphatic carbocycles. The van der Waals surface area contributed by atoms with E-state index in [-0.39, 0.29) is 18.2 Å². The molecule has 0 unspecified atom stereocenters. The topological polar surface area (TPSA) is 51.2 Å². The third kappa shape index (κ3) is 4.96. The molecule has 0 saturated heterocycles. The van der Waals surface area contributed by atoms with E-state index in [9.17, 15) is 13.6 Å². The van der Waals surface area contributed by atoms with Crippen molar-refractivity contribution in [2.75, 3.05) is 0 Å². The largest absolute Gasteiger partial charge is 0.434 e. The molecule has 0 bridgehead atoms. The van der Waals surface area contributed by atoms with Crippen LogP contribution in [0.5, 0.6) is 5.75 Å². The van der Waals surface area contributed by atoms with Gasteiger partial charge in [0.05, 0.1) is 0 Å². The van der Waals surface area contributed by atoms with Gasteiger partial charge in [-0.15, -0.1) is 11.3 Å². The first-order chi connectivity index (χ1) is 10.1. The van der Waals surface area contributed by atoms with E-state index in [1.807, 2.05) is 0 Å². The monoisotopic (exact) mass is 310 g/mol. The average Bonchev–Trinajstić information content (AvgIpc) is 2.97. The molecule has 7 heteroatoms. The zero-order chi connectivity index (χ0) is 15.1. The third-order valence-corrected chi connectivity index (χ3v) is 3.21. The Labute approximate surface area is 124 Å². The quantitative estimate of drug-likeness (QED) is 0.834. The van der Waals surface area contributed by atoms with E-state index in [1.165, 1.54) is 23.5 Å². The minimum absolute atomic E-state index is 0.0525. The Balaban J connectivity index is 1.92. The van der Waals surface area contributed by atoms with Gasteiger partial charge in [0.25, 0.3) is 0 Å². The van der Waals surface area contributed by atoms with Crippen molar-refractivity contribution in [3.05, 3.63) is 52.5 Å². The molecule has 1 heterocycles. The van der Waals surface area contributed by atoms with E-state index in [2.05, 4.69) is 15.0 Å². The number of alkyl halides is 2. The molecule has 2 aromatic rings. The normalized spacial score (nSPS) is 11.0. The Kier molecular flexibility index (Phi) is 5.39. The Bertz CT molecular complexity index is 615. The average molecular weight is 310 g/mol. The fraction of sp³-hybridized carbons (Fsp3) is 0.143. The number of halogens is 2. The highest BCUT2D eigenvalue weighted by molar-refractivity contribution is 7.10. The van der Waals surface area contributed by atoms with Crippen molar-refractivity contribution in [3.8, 4) is 5.75 Å². The fourth-order valence-electron chi connectivity index (χ4n) is 1.57. The van der Waals surface area contributed by atoms with Crippen molar-refractivity contribution in [2.24, 2.45) is 0 Å². The summed E-state index contributed by atoms with van der Waals surface area (Å²) in [6.45, 7) is -2.80. The molecule has 0 spiro atoms. The fourth-order valence-corrected chi connectivity index (χ4v) is 2.10. The molecule has 110 valence electrons. The van der Waals surface area contributed by atoms with Crippen LogP contribution in [0.2, 0.25) is 0 Å². The maximum absolute atomic E-state index is 12.3. The van der Waals surface area contributed by atoms with Crippen LogP contribution in [-0.2, 0) is 11.3 Å². The van der Waals surface area contributed by atoms with Gasteiger partial charge in [-0.2, -0.15) is 8.78 Å². The number of thiazole rings is 1. The number of hydrogen-bond donors (Lipinski definition) is 1. The smallest absolute Gasteiger partial charge is 0.387 e. The molecule has 0 aliphatic heterocycles. The van der Waals surface area contributed by atoms with Gasteiger partial charge in [-0.05, 0) is 12.1 Å². The van der Waals surface area contributed by atoms with Gasteiger partial charge in [0.2, 0.25) is 5.91 Å². The van der Waals surface area contributed by atoms with Crippen LogP contribution in [0, 0.1) is 0 Å². The molecule has 1 amide bonds. The van der Waals surface area contributed by atoms with Crippen LogP contribution in [0.1, 0.15) is 10.6 Å². The molecule has 1 aromatic heterocycles. The molecule has 0 atom stereocenters. The number of nitrogens with zero attached hydrogens (tertiary/aromatic N) is 1. The summed E-state index contributed by atoms with van der Waals surface area (Å²) >= 11 is 1.41. The standard InChI is InChI=1S/C14H12F2N2O2S/c15-14(16)20-11-4-2-1-3-10(11)9-18-12(19)5-6-13-17-7-8-21-13/h1-8,14H,9H2,(H,18,19). The Hall–Kier alpha value is -2.28. The van der Waals surface area contributed by atoms with Crippen molar-refractivity contribution < 1.29 is 18.3 Å². The lowest BCUT2D eigenvalue weighted by molar-refractivity contribution is -0.116. The maximum atomic E-state index is 12.3. The van der Waals surface area contributed by atoms with Crippen molar-refractivity contribution in [2.45, 2.75) is 13.2 Å². The number of nitrogens with one attached hydrogen (secondary N) is 1. The number of amides is 1. The number of rotatable bonds is 6. The molecule has 0 fully saturated rings. The lowest BCUT2D eigenvalue weighted by Crippen LogP contribution is -2.21. The van der Waals surface area contributed by atoms with Gasteiger partial charge < -0.3 is 10.1 Å². The second-order valence-electron chi connectivity index (χ2n) is 3.91. The Morgan fingerprint density at radius 3 is 2.95 bits per heavy atom. The molecule has 4 nitrogen and oxygen atoms in total. The zero-order valence-corrected chi connectivity index (χ0v) is 11.6. The highest BCUT2D eigenvalue weighted by Crippen LogP contribution is 2.19. The summed E-state index contributed by atoms with van der Waals surface area (Å²) in [5, 5.41) is 5.12. The SMILES string of the molecule is O=C(C=Cc1nccs1)NCc1ccccc1OC(F)F. The van der Waals surface area contributed by atoms with Crippen LogP contribution >= 0.6 is 11.3 Å². The van der Waals surface area contributed by atoms with Crippen molar-refractivity contribution in [3.63, 3.8) is 0 Å². The van der Waals surface area contributed by atoms with Crippen LogP contribution in [0.3, 0.4) is 0 Å². The van der Waals surface area contributed by atoms with Gasteiger partial charge in [-0.1, -0.05) is 18.2 Å². The lowest BCUT2D eigenvalue weighted by atomic mass is 10.2. The van der Waals surface area contributed by atoms with Crippen LogP contribution in [0.4, 0.5) is 8.78 Å². The summed E-state index contributed by atoms with van der Waals surface area (Å²) in [7, 11) is 0. The number of para-hydroxylation sites is 1. The first kappa shape index (κ1) is 15.1. The molecule has 2 rings (SSSR count). The number of ether oxygens (including phenoxy) is 1. The summed E-state index contributed by atoms with van der Waals surface area (Å²) in [6, 6.07) is 6.32. The molecule has 0 saturated carbocycles. The predicted molar refractivity (Wildman–Crippen MR) is 76.1 cm³/mol. The highest BCUT2D eigenvalue weighted by Gasteiger charge is 2.09. The van der Waals surface area contributed by atoms with Gasteiger partial charge >= 0.3 is 6.61 Å². The number of benzene rings is 1. The van der Waals surface area contributed by atoms with Crippen LogP contribution in [0.25, 0.3) is 6.08 Å². The lowest BCUT2D eigenvalue weighted by Gasteiger charge is -2.10. The molecule has 0 aliphatic rings. The number of carbonyl (C=O) groups excluding carboxylic acids is 1. The second kappa shape index (κ2) is 7.49. The van der Waals surface area contributed by atoms with E-state index in [1.54, 1.807) is 35.9 Å². The molecular formula is C14H12F2N2O2S. The van der Waals surface area contributed by atoms with E-state index < -0.39 is 6.61 Å². The molecule has 1 N–H and O–H groups in total. The molecule has 21 heavy (non-hydrogen) atoms. The molecule has 0 radical (unpaired) electrons. The summed E-state index contributed by atoms with van der Waals surface area (Å²) in [6.07, 6.45) is 4.57. The van der Waals surface area contributed by atoms with Crippen molar-refractivity contribution >= 4 is 23.3 Å². The van der Waals surface area contributed by atoms with Crippen LogP contribution < -0.4 is 10.1 Å². The summed E-state index contributed by atoms with van der Waals surface area (Å²) in [5.74, 6) is -0.284. The van der Waals surface area contributed by atoms with Gasteiger partial charge in [0.15, 0.2) is 0 Å². The number of hydrogen-bond acceptors (Lipinski definition) is 4. The van der Waals surface area contributed by atoms with Crippen molar-refractivity contribution in [1.82, 2.24) is 10.3 Å². The van der Waals surface area contributed by atoms with Gasteiger partial charge in [-0.25, -0.2) is 4.98 Å². The summed E-state index contributed by atoms with van der Waals surface area (Å²) in [4.78, 5) is 15.6.